The van der Waals surface area contributed by atoms with Gasteiger partial charge in [0, 0.05) is 52.5 Å². The van der Waals surface area contributed by atoms with Gasteiger partial charge in [0.25, 0.3) is 0 Å². The third kappa shape index (κ3) is 5.42. The van der Waals surface area contributed by atoms with Crippen molar-refractivity contribution < 1.29 is 4.39 Å². The Kier molecular flexibility index (Phi) is 6.81. The van der Waals surface area contributed by atoms with Crippen molar-refractivity contribution in [2.75, 3.05) is 45.2 Å². The van der Waals surface area contributed by atoms with Crippen molar-refractivity contribution in [3.63, 3.8) is 0 Å². The van der Waals surface area contributed by atoms with Crippen LogP contribution in [0.2, 0.25) is 0 Å². The van der Waals surface area contributed by atoms with Crippen molar-refractivity contribution in [2.24, 2.45) is 4.99 Å². The van der Waals surface area contributed by atoms with Gasteiger partial charge in [-0.1, -0.05) is 18.2 Å². The molecule has 7 heteroatoms. The number of piperazine rings is 1. The fraction of sp³-hybridized carbons (Fsp3) is 0.429. The summed E-state index contributed by atoms with van der Waals surface area (Å²) in [5.74, 6) is 1.51. The van der Waals surface area contributed by atoms with Crippen molar-refractivity contribution in [2.45, 2.75) is 20.0 Å². The Morgan fingerprint density at radius 3 is 2.36 bits per heavy atom. The highest BCUT2D eigenvalue weighted by atomic mass is 19.1. The highest BCUT2D eigenvalue weighted by Crippen LogP contribution is 2.13. The van der Waals surface area contributed by atoms with E-state index in [9.17, 15) is 4.39 Å². The van der Waals surface area contributed by atoms with Crippen molar-refractivity contribution in [3.8, 4) is 0 Å². The molecule has 0 radical (unpaired) electrons. The van der Waals surface area contributed by atoms with E-state index in [2.05, 4.69) is 49.6 Å². The maximum absolute atomic E-state index is 13.7. The molecule has 28 heavy (non-hydrogen) atoms. The number of likely N-dealkylation sites (N-methyl/N-ethyl adjacent to an activating group) is 1. The number of pyridine rings is 1. The first kappa shape index (κ1) is 20.1. The molecule has 1 aliphatic heterocycles. The molecule has 0 saturated carbocycles. The summed E-state index contributed by atoms with van der Waals surface area (Å²) in [6.45, 7) is 7.05. The molecule has 1 aliphatic rings. The first-order chi connectivity index (χ1) is 13.5. The third-order valence-corrected chi connectivity index (χ3v) is 5.02. The minimum atomic E-state index is -0.186. The average Bonchev–Trinajstić information content (AvgIpc) is 2.72. The molecule has 0 bridgehead atoms. The molecule has 2 heterocycles. The second kappa shape index (κ2) is 9.50. The van der Waals surface area contributed by atoms with Crippen LogP contribution in [0, 0.1) is 12.7 Å². The zero-order valence-electron chi connectivity index (χ0n) is 16.9. The molecule has 1 fully saturated rings. The number of benzene rings is 1. The monoisotopic (exact) mass is 384 g/mol. The summed E-state index contributed by atoms with van der Waals surface area (Å²) in [6, 6.07) is 9.43. The number of guanidine groups is 1. The topological polar surface area (TPSA) is 55.8 Å². The number of nitrogens with zero attached hydrogens (tertiary/aromatic N) is 4. The molecule has 0 amide bonds. The Balaban J connectivity index is 1.48. The number of aromatic nitrogens is 1. The second-order valence-electron chi connectivity index (χ2n) is 7.18. The number of aliphatic imine (C=N–C) groups is 1. The van der Waals surface area contributed by atoms with E-state index in [1.54, 1.807) is 26.1 Å². The van der Waals surface area contributed by atoms with E-state index < -0.39 is 0 Å². The van der Waals surface area contributed by atoms with Crippen LogP contribution >= 0.6 is 0 Å². The van der Waals surface area contributed by atoms with Gasteiger partial charge in [-0.2, -0.15) is 0 Å². The Morgan fingerprint density at radius 1 is 1.07 bits per heavy atom. The number of aryl methyl sites for hydroxylation is 1. The van der Waals surface area contributed by atoms with E-state index in [0.717, 1.165) is 43.1 Å². The van der Waals surface area contributed by atoms with Gasteiger partial charge in [-0.3, -0.25) is 4.99 Å². The Bertz CT molecular complexity index is 797. The molecule has 150 valence electrons. The molecule has 1 aromatic carbocycles. The van der Waals surface area contributed by atoms with Gasteiger partial charge >= 0.3 is 0 Å². The van der Waals surface area contributed by atoms with Gasteiger partial charge in [0.05, 0.1) is 0 Å². The lowest BCUT2D eigenvalue weighted by Crippen LogP contribution is -2.44. The van der Waals surface area contributed by atoms with E-state index in [1.807, 2.05) is 12.3 Å². The maximum atomic E-state index is 13.7. The molecule has 2 aromatic rings. The van der Waals surface area contributed by atoms with E-state index in [0.29, 0.717) is 24.6 Å². The van der Waals surface area contributed by atoms with Gasteiger partial charge in [0.2, 0.25) is 0 Å². The molecule has 2 N–H and O–H groups in total. The second-order valence-corrected chi connectivity index (χ2v) is 7.18. The Morgan fingerprint density at radius 2 is 1.75 bits per heavy atom. The van der Waals surface area contributed by atoms with Gasteiger partial charge in [0.1, 0.15) is 11.6 Å². The van der Waals surface area contributed by atoms with Crippen molar-refractivity contribution >= 4 is 11.8 Å². The number of anilines is 1. The van der Waals surface area contributed by atoms with Crippen LogP contribution in [0.1, 0.15) is 16.7 Å². The summed E-state index contributed by atoms with van der Waals surface area (Å²) in [7, 11) is 3.87. The molecule has 3 rings (SSSR count). The van der Waals surface area contributed by atoms with Crippen LogP contribution in [0.4, 0.5) is 10.2 Å². The first-order valence-corrected chi connectivity index (χ1v) is 9.63. The van der Waals surface area contributed by atoms with Crippen molar-refractivity contribution in [1.82, 2.24) is 20.5 Å². The zero-order valence-corrected chi connectivity index (χ0v) is 16.9. The molecule has 0 spiro atoms. The number of rotatable bonds is 5. The van der Waals surface area contributed by atoms with Gasteiger partial charge < -0.3 is 20.4 Å². The molecule has 6 nitrogen and oxygen atoms in total. The molecule has 1 saturated heterocycles. The number of hydrogen-bond acceptors (Lipinski definition) is 4. The van der Waals surface area contributed by atoms with Crippen LogP contribution in [-0.4, -0.2) is 56.1 Å². The average molecular weight is 385 g/mol. The Labute approximate surface area is 166 Å². The molecule has 0 unspecified atom stereocenters. The lowest BCUT2D eigenvalue weighted by Gasteiger charge is -2.33. The van der Waals surface area contributed by atoms with Crippen LogP contribution in [0.3, 0.4) is 0 Å². The Hall–Kier alpha value is -2.67. The zero-order chi connectivity index (χ0) is 19.9. The van der Waals surface area contributed by atoms with Crippen LogP contribution in [-0.2, 0) is 13.1 Å². The SMILES string of the molecule is CN=C(NCc1ccc(N2CCN(C)CC2)nc1)NCc1ccc(C)c(F)c1. The van der Waals surface area contributed by atoms with Crippen LogP contribution in [0.25, 0.3) is 0 Å². The summed E-state index contributed by atoms with van der Waals surface area (Å²) in [6.07, 6.45) is 1.91. The largest absolute Gasteiger partial charge is 0.354 e. The van der Waals surface area contributed by atoms with Gasteiger partial charge in [-0.25, -0.2) is 9.37 Å². The minimum absolute atomic E-state index is 0.186. The predicted octanol–water partition coefficient (Wildman–Crippen LogP) is 2.15. The molecular formula is C21H29FN6. The molecular weight excluding hydrogens is 355 g/mol. The van der Waals surface area contributed by atoms with Crippen molar-refractivity contribution in [3.05, 3.63) is 59.0 Å². The van der Waals surface area contributed by atoms with Gasteiger partial charge in [-0.15, -0.1) is 0 Å². The standard InChI is InChI=1S/C21H29FN6/c1-16-4-5-17(12-19(16)22)13-25-21(23-2)26-15-18-6-7-20(24-14-18)28-10-8-27(3)9-11-28/h4-7,12,14H,8-11,13,15H2,1-3H3,(H2,23,25,26). The van der Waals surface area contributed by atoms with Crippen LogP contribution in [0.15, 0.2) is 41.5 Å². The lowest BCUT2D eigenvalue weighted by atomic mass is 10.1. The maximum Gasteiger partial charge on any atom is 0.191 e. The molecule has 1 aromatic heterocycles. The van der Waals surface area contributed by atoms with Crippen LogP contribution < -0.4 is 15.5 Å². The quantitative estimate of drug-likeness (QED) is 0.611. The van der Waals surface area contributed by atoms with E-state index in [-0.39, 0.29) is 5.82 Å². The number of hydrogen-bond donors (Lipinski definition) is 2. The van der Waals surface area contributed by atoms with Gasteiger partial charge in [-0.05, 0) is 42.8 Å². The number of halogens is 1. The smallest absolute Gasteiger partial charge is 0.191 e. The molecule has 0 atom stereocenters. The van der Waals surface area contributed by atoms with E-state index in [4.69, 9.17) is 0 Å². The predicted molar refractivity (Wildman–Crippen MR) is 112 cm³/mol. The summed E-state index contributed by atoms with van der Waals surface area (Å²) in [5.41, 5.74) is 2.62. The number of nitrogens with one attached hydrogen (secondary N) is 2. The highest BCUT2D eigenvalue weighted by molar-refractivity contribution is 5.79. The first-order valence-electron chi connectivity index (χ1n) is 9.63. The normalized spacial score (nSPS) is 15.6. The fourth-order valence-corrected chi connectivity index (χ4v) is 3.08. The summed E-state index contributed by atoms with van der Waals surface area (Å²) >= 11 is 0. The summed E-state index contributed by atoms with van der Waals surface area (Å²) in [5, 5.41) is 6.48. The summed E-state index contributed by atoms with van der Waals surface area (Å²) in [4.78, 5) is 13.5. The van der Waals surface area contributed by atoms with E-state index in [1.165, 1.54) is 0 Å². The third-order valence-electron chi connectivity index (χ3n) is 5.02. The minimum Gasteiger partial charge on any atom is -0.354 e. The highest BCUT2D eigenvalue weighted by Gasteiger charge is 2.14. The lowest BCUT2D eigenvalue weighted by molar-refractivity contribution is 0.312. The van der Waals surface area contributed by atoms with E-state index >= 15 is 0 Å². The summed E-state index contributed by atoms with van der Waals surface area (Å²) < 4.78 is 13.7. The van der Waals surface area contributed by atoms with Gasteiger partial charge in [0.15, 0.2) is 5.96 Å². The molecule has 0 aliphatic carbocycles. The van der Waals surface area contributed by atoms with Crippen LogP contribution in [0.5, 0.6) is 0 Å². The fourth-order valence-electron chi connectivity index (χ4n) is 3.08. The van der Waals surface area contributed by atoms with Crippen molar-refractivity contribution in [1.29, 1.82) is 0 Å².